The third-order valence-corrected chi connectivity index (χ3v) is 6.09. The van der Waals surface area contributed by atoms with Gasteiger partial charge in [-0.25, -0.2) is 9.07 Å². The van der Waals surface area contributed by atoms with Crippen molar-refractivity contribution in [2.24, 2.45) is 0 Å². The molecule has 5 aromatic rings. The number of aromatic nitrogens is 2. The van der Waals surface area contributed by atoms with Crippen molar-refractivity contribution in [2.45, 2.75) is 13.0 Å². The Kier molecular flexibility index (Phi) is 6.99. The Morgan fingerprint density at radius 3 is 1.97 bits per heavy atom. The lowest BCUT2D eigenvalue weighted by molar-refractivity contribution is 0.0736. The summed E-state index contributed by atoms with van der Waals surface area (Å²) >= 11 is 0. The molecular formula is C31H26FN3O. The zero-order chi connectivity index (χ0) is 24.7. The van der Waals surface area contributed by atoms with E-state index in [0.29, 0.717) is 30.2 Å². The van der Waals surface area contributed by atoms with Gasteiger partial charge in [0.25, 0.3) is 5.91 Å². The van der Waals surface area contributed by atoms with Crippen LogP contribution in [0.15, 0.2) is 121 Å². The molecule has 0 radical (unpaired) electrons. The normalized spacial score (nSPS) is 10.8. The molecule has 4 nitrogen and oxygen atoms in total. The van der Waals surface area contributed by atoms with E-state index in [4.69, 9.17) is 5.10 Å². The number of carbonyl (C=O) groups excluding carboxylic acids is 1. The summed E-state index contributed by atoms with van der Waals surface area (Å²) in [6.07, 6.45) is 0.732. The fraction of sp³-hybridized carbons (Fsp3) is 0.0968. The maximum atomic E-state index is 14.1. The van der Waals surface area contributed by atoms with Crippen LogP contribution in [0.4, 0.5) is 4.39 Å². The van der Waals surface area contributed by atoms with Crippen LogP contribution in [0.5, 0.6) is 0 Å². The van der Waals surface area contributed by atoms with Crippen LogP contribution in [0, 0.1) is 5.82 Å². The number of rotatable bonds is 8. The highest BCUT2D eigenvalue weighted by atomic mass is 19.1. The summed E-state index contributed by atoms with van der Waals surface area (Å²) < 4.78 is 15.3. The molecule has 0 spiro atoms. The van der Waals surface area contributed by atoms with Gasteiger partial charge in [-0.15, -0.1) is 0 Å². The molecular weight excluding hydrogens is 449 g/mol. The third-order valence-electron chi connectivity index (χ3n) is 6.09. The van der Waals surface area contributed by atoms with E-state index in [2.05, 4.69) is 12.1 Å². The Labute approximate surface area is 210 Å². The van der Waals surface area contributed by atoms with E-state index >= 15 is 0 Å². The number of halogens is 1. The molecule has 0 unspecified atom stereocenters. The third kappa shape index (κ3) is 5.41. The van der Waals surface area contributed by atoms with Crippen molar-refractivity contribution >= 4 is 5.91 Å². The Bertz CT molecular complexity index is 1420. The van der Waals surface area contributed by atoms with Gasteiger partial charge in [0, 0.05) is 18.7 Å². The molecule has 0 aliphatic carbocycles. The van der Waals surface area contributed by atoms with E-state index < -0.39 is 0 Å². The molecule has 1 heterocycles. The Morgan fingerprint density at radius 1 is 0.750 bits per heavy atom. The molecule has 36 heavy (non-hydrogen) atoms. The van der Waals surface area contributed by atoms with E-state index in [0.717, 1.165) is 17.5 Å². The molecule has 0 atom stereocenters. The van der Waals surface area contributed by atoms with Crippen molar-refractivity contribution in [3.8, 4) is 16.9 Å². The van der Waals surface area contributed by atoms with Gasteiger partial charge >= 0.3 is 0 Å². The predicted molar refractivity (Wildman–Crippen MR) is 140 cm³/mol. The van der Waals surface area contributed by atoms with E-state index in [9.17, 15) is 9.18 Å². The van der Waals surface area contributed by atoms with Gasteiger partial charge in [0.15, 0.2) is 0 Å². The summed E-state index contributed by atoms with van der Waals surface area (Å²) in [4.78, 5) is 15.9. The lowest BCUT2D eigenvalue weighted by atomic mass is 10.1. The van der Waals surface area contributed by atoms with Crippen LogP contribution in [-0.2, 0) is 13.0 Å². The highest BCUT2D eigenvalue weighted by Gasteiger charge is 2.23. The summed E-state index contributed by atoms with van der Waals surface area (Å²) in [6, 6.07) is 37.7. The van der Waals surface area contributed by atoms with E-state index in [1.54, 1.807) is 16.8 Å². The maximum absolute atomic E-state index is 14.1. The first kappa shape index (κ1) is 23.2. The Morgan fingerprint density at radius 2 is 1.33 bits per heavy atom. The van der Waals surface area contributed by atoms with Crippen molar-refractivity contribution in [1.82, 2.24) is 14.7 Å². The summed E-state index contributed by atoms with van der Waals surface area (Å²) in [6.45, 7) is 1.02. The molecule has 0 N–H and O–H groups in total. The van der Waals surface area contributed by atoms with Crippen molar-refractivity contribution in [3.63, 3.8) is 0 Å². The molecule has 0 saturated carbocycles. The van der Waals surface area contributed by atoms with Gasteiger partial charge < -0.3 is 4.90 Å². The van der Waals surface area contributed by atoms with Gasteiger partial charge in [-0.3, -0.25) is 4.79 Å². The SMILES string of the molecule is O=C(c1cc(-c2ccccc2)nn1-c1ccc(F)cc1)N(CCc1ccccc1)Cc1ccccc1. The zero-order valence-corrected chi connectivity index (χ0v) is 19.8. The van der Waals surface area contributed by atoms with E-state index in [1.165, 1.54) is 17.7 Å². The monoisotopic (exact) mass is 475 g/mol. The molecule has 1 amide bonds. The quantitative estimate of drug-likeness (QED) is 0.255. The molecule has 0 aliphatic rings. The van der Waals surface area contributed by atoms with Crippen molar-refractivity contribution in [2.75, 3.05) is 6.54 Å². The second kappa shape index (κ2) is 10.8. The standard InChI is InChI=1S/C31H26FN3O/c32-27-16-18-28(19-17-27)35-30(22-29(33-35)26-14-8-3-9-15-26)31(36)34(23-25-12-6-2-7-13-25)21-20-24-10-4-1-5-11-24/h1-19,22H,20-21,23H2. The average molecular weight is 476 g/mol. The highest BCUT2D eigenvalue weighted by Crippen LogP contribution is 2.24. The topological polar surface area (TPSA) is 38.1 Å². The number of nitrogens with zero attached hydrogens (tertiary/aromatic N) is 3. The largest absolute Gasteiger partial charge is 0.333 e. The maximum Gasteiger partial charge on any atom is 0.272 e. The smallest absolute Gasteiger partial charge is 0.272 e. The van der Waals surface area contributed by atoms with Crippen LogP contribution in [-0.4, -0.2) is 27.1 Å². The van der Waals surface area contributed by atoms with Gasteiger partial charge in [0.1, 0.15) is 11.5 Å². The zero-order valence-electron chi connectivity index (χ0n) is 19.8. The second-order valence-electron chi connectivity index (χ2n) is 8.62. The van der Waals surface area contributed by atoms with Gasteiger partial charge in [-0.05, 0) is 47.9 Å². The first-order chi connectivity index (χ1) is 17.7. The minimum atomic E-state index is -0.337. The second-order valence-corrected chi connectivity index (χ2v) is 8.62. The van der Waals surface area contributed by atoms with Gasteiger partial charge in [0.05, 0.1) is 11.4 Å². The molecule has 5 heteroatoms. The van der Waals surface area contributed by atoms with Gasteiger partial charge in [-0.2, -0.15) is 5.10 Å². The van der Waals surface area contributed by atoms with Crippen LogP contribution < -0.4 is 0 Å². The molecule has 4 aromatic carbocycles. The first-order valence-electron chi connectivity index (χ1n) is 12.0. The van der Waals surface area contributed by atoms with Gasteiger partial charge in [-0.1, -0.05) is 91.0 Å². The van der Waals surface area contributed by atoms with Crippen molar-refractivity contribution in [3.05, 3.63) is 144 Å². The van der Waals surface area contributed by atoms with Crippen LogP contribution >= 0.6 is 0 Å². The summed E-state index contributed by atoms with van der Waals surface area (Å²) in [5, 5.41) is 4.76. The van der Waals surface area contributed by atoms with Crippen LogP contribution in [0.1, 0.15) is 21.6 Å². The highest BCUT2D eigenvalue weighted by molar-refractivity contribution is 5.94. The van der Waals surface area contributed by atoms with Crippen LogP contribution in [0.2, 0.25) is 0 Å². The van der Waals surface area contributed by atoms with Crippen LogP contribution in [0.3, 0.4) is 0 Å². The summed E-state index contributed by atoms with van der Waals surface area (Å²) in [5.74, 6) is -0.468. The first-order valence-corrected chi connectivity index (χ1v) is 12.0. The predicted octanol–water partition coefficient (Wildman–Crippen LogP) is 6.56. The summed E-state index contributed by atoms with van der Waals surface area (Å²) in [7, 11) is 0. The molecule has 0 saturated heterocycles. The lowest BCUT2D eigenvalue weighted by Crippen LogP contribution is -2.34. The van der Waals surface area contributed by atoms with Crippen molar-refractivity contribution in [1.29, 1.82) is 0 Å². The molecule has 0 aliphatic heterocycles. The fourth-order valence-electron chi connectivity index (χ4n) is 4.19. The fourth-order valence-corrected chi connectivity index (χ4v) is 4.19. The number of hydrogen-bond donors (Lipinski definition) is 0. The Balaban J connectivity index is 1.53. The molecule has 1 aromatic heterocycles. The van der Waals surface area contributed by atoms with Crippen molar-refractivity contribution < 1.29 is 9.18 Å². The van der Waals surface area contributed by atoms with E-state index in [-0.39, 0.29) is 11.7 Å². The van der Waals surface area contributed by atoms with E-state index in [1.807, 2.05) is 89.8 Å². The molecule has 0 bridgehead atoms. The average Bonchev–Trinajstić information content (AvgIpc) is 3.38. The Hall–Kier alpha value is -4.51. The minimum absolute atomic E-state index is 0.131. The molecule has 178 valence electrons. The lowest BCUT2D eigenvalue weighted by Gasteiger charge is -2.23. The minimum Gasteiger partial charge on any atom is -0.333 e. The number of benzene rings is 4. The summed E-state index contributed by atoms with van der Waals surface area (Å²) in [5.41, 5.74) is 4.88. The number of amides is 1. The van der Waals surface area contributed by atoms with Gasteiger partial charge in [0.2, 0.25) is 0 Å². The molecule has 0 fully saturated rings. The van der Waals surface area contributed by atoms with Crippen LogP contribution in [0.25, 0.3) is 16.9 Å². The number of hydrogen-bond acceptors (Lipinski definition) is 2. The molecule has 5 rings (SSSR count). The number of carbonyl (C=O) groups is 1.